The second-order valence-electron chi connectivity index (χ2n) is 5.69. The number of carbonyl (C=O) groups excluding carboxylic acids is 2. The minimum atomic E-state index is -0.368. The first-order valence-corrected chi connectivity index (χ1v) is 9.73. The minimum Gasteiger partial charge on any atom is -0.284 e. The van der Waals surface area contributed by atoms with Gasteiger partial charge in [0.1, 0.15) is 0 Å². The summed E-state index contributed by atoms with van der Waals surface area (Å²) >= 11 is 18.5. The fourth-order valence-electron chi connectivity index (χ4n) is 3.01. The van der Waals surface area contributed by atoms with E-state index in [1.165, 1.54) is 16.0 Å². The Hall–Kier alpha value is -2.12. The molecule has 4 rings (SSSR count). The van der Waals surface area contributed by atoms with Gasteiger partial charge in [0.15, 0.2) is 4.32 Å². The lowest BCUT2D eigenvalue weighted by molar-refractivity contribution is -0.114. The second-order valence-corrected chi connectivity index (χ2v) is 8.14. The van der Waals surface area contributed by atoms with Gasteiger partial charge < -0.3 is 0 Å². The Labute approximate surface area is 175 Å². The van der Waals surface area contributed by atoms with Gasteiger partial charge in [-0.05, 0) is 24.3 Å². The highest BCUT2D eigenvalue weighted by molar-refractivity contribution is 8.27. The van der Waals surface area contributed by atoms with E-state index in [4.69, 9.17) is 35.4 Å². The van der Waals surface area contributed by atoms with Gasteiger partial charge in [0, 0.05) is 11.8 Å². The molecule has 8 heteroatoms. The summed E-state index contributed by atoms with van der Waals surface area (Å²) in [6.07, 6.45) is 1.44. The molecule has 2 heterocycles. The van der Waals surface area contributed by atoms with Crippen LogP contribution in [0.2, 0.25) is 10.0 Å². The zero-order valence-corrected chi connectivity index (χ0v) is 16.8. The standard InChI is InChI=1S/C19H10Cl2N2O2S2/c1-2-22-14-6-4-3-5-11(14)15(17(22)24)16-18(25)23(19(26)27-16)10-7-8-12(20)13(21)9-10/h2-9H,1H2. The van der Waals surface area contributed by atoms with Crippen LogP contribution in [0.1, 0.15) is 5.56 Å². The molecule has 0 atom stereocenters. The van der Waals surface area contributed by atoms with Crippen molar-refractivity contribution in [3.63, 3.8) is 0 Å². The molecule has 1 saturated heterocycles. The summed E-state index contributed by atoms with van der Waals surface area (Å²) in [5.41, 5.74) is 2.19. The van der Waals surface area contributed by atoms with E-state index < -0.39 is 0 Å². The van der Waals surface area contributed by atoms with Crippen molar-refractivity contribution in [1.29, 1.82) is 0 Å². The minimum absolute atomic E-state index is 0.285. The second kappa shape index (κ2) is 6.80. The lowest BCUT2D eigenvalue weighted by Crippen LogP contribution is -2.28. The molecule has 2 aliphatic rings. The monoisotopic (exact) mass is 432 g/mol. The van der Waals surface area contributed by atoms with Crippen molar-refractivity contribution in [3.05, 3.63) is 75.8 Å². The summed E-state index contributed by atoms with van der Waals surface area (Å²) in [5, 5.41) is 0.696. The molecule has 0 bridgehead atoms. The molecule has 0 aromatic heterocycles. The maximum absolute atomic E-state index is 13.1. The summed E-state index contributed by atoms with van der Waals surface area (Å²) < 4.78 is 0.322. The van der Waals surface area contributed by atoms with Gasteiger partial charge in [-0.15, -0.1) is 0 Å². The van der Waals surface area contributed by atoms with Crippen molar-refractivity contribution in [2.24, 2.45) is 0 Å². The number of thioether (sulfide) groups is 1. The van der Waals surface area contributed by atoms with Crippen molar-refractivity contribution in [1.82, 2.24) is 0 Å². The highest BCUT2D eigenvalue weighted by Crippen LogP contribution is 2.45. The number of anilines is 2. The van der Waals surface area contributed by atoms with Crippen molar-refractivity contribution in [2.75, 3.05) is 9.80 Å². The van der Waals surface area contributed by atoms with Crippen LogP contribution in [-0.4, -0.2) is 16.1 Å². The van der Waals surface area contributed by atoms with Gasteiger partial charge in [0.05, 0.1) is 31.9 Å². The maximum atomic E-state index is 13.1. The van der Waals surface area contributed by atoms with Crippen LogP contribution in [0.4, 0.5) is 11.4 Å². The summed E-state index contributed by atoms with van der Waals surface area (Å²) in [6, 6.07) is 12.1. The molecule has 4 nitrogen and oxygen atoms in total. The first-order valence-electron chi connectivity index (χ1n) is 7.75. The summed E-state index contributed by atoms with van der Waals surface area (Å²) in [5.74, 6) is -0.673. The van der Waals surface area contributed by atoms with Crippen molar-refractivity contribution < 1.29 is 9.59 Å². The number of amides is 2. The highest BCUT2D eigenvalue weighted by atomic mass is 35.5. The summed E-state index contributed by atoms with van der Waals surface area (Å²) in [4.78, 5) is 29.1. The van der Waals surface area contributed by atoms with Gasteiger partial charge in [-0.3, -0.25) is 19.4 Å². The molecule has 0 spiro atoms. The Morgan fingerprint density at radius 3 is 2.48 bits per heavy atom. The van der Waals surface area contributed by atoms with E-state index in [2.05, 4.69) is 6.58 Å². The fraction of sp³-hybridized carbons (Fsp3) is 0. The van der Waals surface area contributed by atoms with Gasteiger partial charge in [-0.2, -0.15) is 0 Å². The van der Waals surface area contributed by atoms with E-state index in [1.807, 2.05) is 18.2 Å². The predicted octanol–water partition coefficient (Wildman–Crippen LogP) is 5.26. The lowest BCUT2D eigenvalue weighted by Gasteiger charge is -2.15. The van der Waals surface area contributed by atoms with Crippen LogP contribution in [0.25, 0.3) is 5.57 Å². The van der Waals surface area contributed by atoms with Crippen molar-refractivity contribution in [2.45, 2.75) is 0 Å². The topological polar surface area (TPSA) is 40.6 Å². The molecule has 0 aliphatic carbocycles. The Balaban J connectivity index is 1.85. The van der Waals surface area contributed by atoms with Gasteiger partial charge in [-0.1, -0.05) is 72.0 Å². The number of rotatable bonds is 2. The Kier molecular flexibility index (Phi) is 4.60. The van der Waals surface area contributed by atoms with Crippen LogP contribution in [0.15, 0.2) is 60.1 Å². The van der Waals surface area contributed by atoms with Crippen molar-refractivity contribution in [3.8, 4) is 0 Å². The maximum Gasteiger partial charge on any atom is 0.271 e. The Morgan fingerprint density at radius 1 is 1.04 bits per heavy atom. The number of carbonyl (C=O) groups is 2. The van der Waals surface area contributed by atoms with E-state index in [1.54, 1.807) is 24.3 Å². The van der Waals surface area contributed by atoms with E-state index >= 15 is 0 Å². The SMILES string of the molecule is C=CN1C(=O)C(=C2SC(=S)N(c3ccc(Cl)c(Cl)c3)C2=O)c2ccccc21. The summed E-state index contributed by atoms with van der Waals surface area (Å²) in [7, 11) is 0. The number of fused-ring (bicyclic) bond motifs is 1. The number of nitrogens with zero attached hydrogens (tertiary/aromatic N) is 2. The number of halogens is 2. The molecule has 2 aliphatic heterocycles. The zero-order chi connectivity index (χ0) is 19.3. The Morgan fingerprint density at radius 2 is 1.78 bits per heavy atom. The van der Waals surface area contributed by atoms with Gasteiger partial charge in [0.2, 0.25) is 0 Å². The van der Waals surface area contributed by atoms with E-state index in [9.17, 15) is 9.59 Å². The van der Waals surface area contributed by atoms with Gasteiger partial charge in [-0.25, -0.2) is 0 Å². The van der Waals surface area contributed by atoms with Crippen molar-refractivity contribution >= 4 is 80.3 Å². The van der Waals surface area contributed by atoms with Gasteiger partial charge in [0.25, 0.3) is 11.8 Å². The van der Waals surface area contributed by atoms with E-state index in [0.717, 1.165) is 11.8 Å². The van der Waals surface area contributed by atoms with Crippen LogP contribution in [0, 0.1) is 0 Å². The van der Waals surface area contributed by atoms with Crippen LogP contribution in [0.3, 0.4) is 0 Å². The molecule has 2 amide bonds. The average Bonchev–Trinajstić information content (AvgIpc) is 3.09. The van der Waals surface area contributed by atoms with Crippen LogP contribution in [0.5, 0.6) is 0 Å². The average molecular weight is 433 g/mol. The van der Waals surface area contributed by atoms with E-state index in [-0.39, 0.29) is 16.7 Å². The fourth-order valence-corrected chi connectivity index (χ4v) is 4.67. The van der Waals surface area contributed by atoms with E-state index in [0.29, 0.717) is 36.9 Å². The largest absolute Gasteiger partial charge is 0.284 e. The smallest absolute Gasteiger partial charge is 0.271 e. The molecule has 0 N–H and O–H groups in total. The number of para-hydroxylation sites is 1. The lowest BCUT2D eigenvalue weighted by atomic mass is 10.1. The first-order chi connectivity index (χ1) is 12.9. The van der Waals surface area contributed by atoms with Crippen LogP contribution < -0.4 is 9.80 Å². The first kappa shape index (κ1) is 18.3. The highest BCUT2D eigenvalue weighted by Gasteiger charge is 2.42. The van der Waals surface area contributed by atoms with Crippen LogP contribution >= 0.6 is 47.2 Å². The molecule has 2 aromatic carbocycles. The number of hydrogen-bond donors (Lipinski definition) is 0. The number of thiocarbonyl (C=S) groups is 1. The number of hydrogen-bond acceptors (Lipinski definition) is 4. The quantitative estimate of drug-likeness (QED) is 0.479. The van der Waals surface area contributed by atoms with Crippen LogP contribution in [-0.2, 0) is 9.59 Å². The molecule has 134 valence electrons. The Bertz CT molecular complexity index is 1080. The molecule has 27 heavy (non-hydrogen) atoms. The third kappa shape index (κ3) is 2.80. The third-order valence-corrected chi connectivity index (χ3v) is 6.32. The third-order valence-electron chi connectivity index (χ3n) is 4.21. The summed E-state index contributed by atoms with van der Waals surface area (Å²) in [6.45, 7) is 3.69. The number of benzene rings is 2. The molecule has 1 fully saturated rings. The zero-order valence-electron chi connectivity index (χ0n) is 13.6. The normalized spacial score (nSPS) is 19.1. The molecule has 0 radical (unpaired) electrons. The van der Waals surface area contributed by atoms with Gasteiger partial charge >= 0.3 is 0 Å². The molecular formula is C19H10Cl2N2O2S2. The molecule has 0 saturated carbocycles. The molecule has 2 aromatic rings. The predicted molar refractivity (Wildman–Crippen MR) is 115 cm³/mol. The molecule has 0 unspecified atom stereocenters. The molecular weight excluding hydrogens is 423 g/mol.